The minimum atomic E-state index is -0.216. The fraction of sp³-hybridized carbons (Fsp3) is 0.444. The van der Waals surface area contributed by atoms with Gasteiger partial charge in [-0.3, -0.25) is 9.78 Å². The summed E-state index contributed by atoms with van der Waals surface area (Å²) in [7, 11) is 0. The van der Waals surface area contributed by atoms with E-state index in [1.807, 2.05) is 18.2 Å². The second-order valence-corrected chi connectivity index (χ2v) is 6.10. The van der Waals surface area contributed by atoms with Gasteiger partial charge in [0.05, 0.1) is 12.2 Å². The lowest BCUT2D eigenvalue weighted by atomic mass is 10.1. The Hall–Kier alpha value is -2.50. The number of carbonyl (C=O) groups is 1. The summed E-state index contributed by atoms with van der Waals surface area (Å²) < 4.78 is 0. The molecule has 0 saturated heterocycles. The summed E-state index contributed by atoms with van der Waals surface area (Å²) in [5, 5.41) is 6.21. The van der Waals surface area contributed by atoms with Gasteiger partial charge in [0, 0.05) is 18.4 Å². The Balaban J connectivity index is 1.58. The van der Waals surface area contributed by atoms with Gasteiger partial charge in [-0.05, 0) is 31.0 Å². The highest BCUT2D eigenvalue weighted by atomic mass is 16.1. The Morgan fingerprint density at radius 3 is 2.62 bits per heavy atom. The van der Waals surface area contributed by atoms with Crippen LogP contribution in [0.2, 0.25) is 0 Å². The van der Waals surface area contributed by atoms with Crippen molar-refractivity contribution in [3.05, 3.63) is 48.0 Å². The van der Waals surface area contributed by atoms with E-state index in [1.165, 1.54) is 25.7 Å². The van der Waals surface area contributed by atoms with Crippen LogP contribution in [0.5, 0.6) is 0 Å². The molecule has 1 fully saturated rings. The van der Waals surface area contributed by atoms with Crippen LogP contribution in [-0.2, 0) is 6.54 Å². The molecule has 1 saturated carbocycles. The van der Waals surface area contributed by atoms with E-state index in [2.05, 4.69) is 25.6 Å². The summed E-state index contributed by atoms with van der Waals surface area (Å²) >= 11 is 0. The lowest BCUT2D eigenvalue weighted by Gasteiger charge is -2.16. The van der Waals surface area contributed by atoms with Crippen molar-refractivity contribution in [1.82, 2.24) is 20.3 Å². The van der Waals surface area contributed by atoms with Crippen molar-refractivity contribution in [1.29, 1.82) is 0 Å². The number of amides is 1. The summed E-state index contributed by atoms with van der Waals surface area (Å²) in [6.45, 7) is 0.384. The van der Waals surface area contributed by atoms with E-state index in [4.69, 9.17) is 0 Å². The first-order valence-electron chi connectivity index (χ1n) is 8.59. The summed E-state index contributed by atoms with van der Waals surface area (Å²) in [4.78, 5) is 25.1. The lowest BCUT2D eigenvalue weighted by Crippen LogP contribution is -2.25. The molecule has 0 atom stereocenters. The van der Waals surface area contributed by atoms with Gasteiger partial charge in [0.15, 0.2) is 0 Å². The molecule has 1 aliphatic carbocycles. The average Bonchev–Trinajstić information content (AvgIpc) is 2.89. The normalized spacial score (nSPS) is 15.5. The van der Waals surface area contributed by atoms with Crippen molar-refractivity contribution in [2.45, 2.75) is 51.1 Å². The molecule has 2 aromatic rings. The first-order valence-corrected chi connectivity index (χ1v) is 8.59. The van der Waals surface area contributed by atoms with Crippen LogP contribution in [-0.4, -0.2) is 26.9 Å². The molecule has 0 unspecified atom stereocenters. The molecule has 1 amide bonds. The maximum absolute atomic E-state index is 12.3. The molecule has 0 bridgehead atoms. The summed E-state index contributed by atoms with van der Waals surface area (Å²) in [6, 6.07) is 7.65. The molecule has 0 aliphatic heterocycles. The molecule has 6 heteroatoms. The van der Waals surface area contributed by atoms with Gasteiger partial charge in [-0.15, -0.1) is 0 Å². The Kier molecular flexibility index (Phi) is 5.71. The van der Waals surface area contributed by atoms with Crippen LogP contribution >= 0.6 is 0 Å². The van der Waals surface area contributed by atoms with Crippen molar-refractivity contribution in [3.8, 4) is 0 Å². The molecule has 0 aromatic carbocycles. The van der Waals surface area contributed by atoms with E-state index in [-0.39, 0.29) is 5.91 Å². The van der Waals surface area contributed by atoms with E-state index < -0.39 is 0 Å². The molecule has 2 aromatic heterocycles. The van der Waals surface area contributed by atoms with Crippen LogP contribution in [0, 0.1) is 0 Å². The fourth-order valence-corrected chi connectivity index (χ4v) is 2.93. The third kappa shape index (κ3) is 4.75. The largest absolute Gasteiger partial charge is 0.351 e. The quantitative estimate of drug-likeness (QED) is 0.826. The maximum atomic E-state index is 12.3. The third-order valence-corrected chi connectivity index (χ3v) is 4.23. The molecule has 1 aliphatic rings. The van der Waals surface area contributed by atoms with Crippen LogP contribution in [0.15, 0.2) is 36.7 Å². The zero-order chi connectivity index (χ0) is 16.6. The Bertz CT molecular complexity index is 653. The molecule has 2 heterocycles. The van der Waals surface area contributed by atoms with Gasteiger partial charge in [0.25, 0.3) is 5.91 Å². The molecule has 126 valence electrons. The summed E-state index contributed by atoms with van der Waals surface area (Å²) in [6.07, 6.45) is 10.7. The zero-order valence-corrected chi connectivity index (χ0v) is 13.7. The van der Waals surface area contributed by atoms with E-state index in [0.717, 1.165) is 18.5 Å². The SMILES string of the molecule is O=C(NCc1ccccn1)c1ccnc(NC2CCCCCC2)n1. The summed E-state index contributed by atoms with van der Waals surface area (Å²) in [5.41, 5.74) is 1.19. The zero-order valence-electron chi connectivity index (χ0n) is 13.7. The highest BCUT2D eigenvalue weighted by molar-refractivity contribution is 5.92. The molecule has 0 radical (unpaired) electrons. The molecular formula is C18H23N5O. The van der Waals surface area contributed by atoms with Crippen LogP contribution in [0.25, 0.3) is 0 Å². The summed E-state index contributed by atoms with van der Waals surface area (Å²) in [5.74, 6) is 0.319. The topological polar surface area (TPSA) is 79.8 Å². The Labute approximate surface area is 142 Å². The van der Waals surface area contributed by atoms with Crippen molar-refractivity contribution < 1.29 is 4.79 Å². The highest BCUT2D eigenvalue weighted by Crippen LogP contribution is 2.19. The van der Waals surface area contributed by atoms with Crippen molar-refractivity contribution in [3.63, 3.8) is 0 Å². The van der Waals surface area contributed by atoms with Gasteiger partial charge in [-0.25, -0.2) is 9.97 Å². The van der Waals surface area contributed by atoms with Gasteiger partial charge >= 0.3 is 0 Å². The monoisotopic (exact) mass is 325 g/mol. The minimum absolute atomic E-state index is 0.216. The predicted molar refractivity (Wildman–Crippen MR) is 92.6 cm³/mol. The molecule has 6 nitrogen and oxygen atoms in total. The first kappa shape index (κ1) is 16.4. The minimum Gasteiger partial charge on any atom is -0.351 e. The number of anilines is 1. The predicted octanol–water partition coefficient (Wildman–Crippen LogP) is 2.94. The van der Waals surface area contributed by atoms with Crippen LogP contribution in [0.3, 0.4) is 0 Å². The van der Waals surface area contributed by atoms with Crippen LogP contribution in [0.1, 0.15) is 54.7 Å². The van der Waals surface area contributed by atoms with E-state index >= 15 is 0 Å². The third-order valence-electron chi connectivity index (χ3n) is 4.23. The van der Waals surface area contributed by atoms with Crippen LogP contribution in [0.4, 0.5) is 5.95 Å². The van der Waals surface area contributed by atoms with Gasteiger partial charge in [-0.1, -0.05) is 31.7 Å². The number of nitrogens with zero attached hydrogens (tertiary/aromatic N) is 3. The van der Waals surface area contributed by atoms with E-state index in [9.17, 15) is 4.79 Å². The molecule has 2 N–H and O–H groups in total. The van der Waals surface area contributed by atoms with Crippen molar-refractivity contribution >= 4 is 11.9 Å². The number of pyridine rings is 1. The second kappa shape index (κ2) is 8.38. The second-order valence-electron chi connectivity index (χ2n) is 6.10. The van der Waals surface area contributed by atoms with Crippen LogP contribution < -0.4 is 10.6 Å². The fourth-order valence-electron chi connectivity index (χ4n) is 2.93. The van der Waals surface area contributed by atoms with Gasteiger partial charge in [0.2, 0.25) is 5.95 Å². The first-order chi connectivity index (χ1) is 11.8. The van der Waals surface area contributed by atoms with E-state index in [0.29, 0.717) is 24.2 Å². The van der Waals surface area contributed by atoms with Gasteiger partial charge in [0.1, 0.15) is 5.69 Å². The molecule has 3 rings (SSSR count). The number of carbonyl (C=O) groups excluding carboxylic acids is 1. The highest BCUT2D eigenvalue weighted by Gasteiger charge is 2.14. The Morgan fingerprint density at radius 1 is 1.04 bits per heavy atom. The van der Waals surface area contributed by atoms with Gasteiger partial charge in [-0.2, -0.15) is 0 Å². The Morgan fingerprint density at radius 2 is 1.88 bits per heavy atom. The standard InChI is InChI=1S/C18H23N5O/c24-17(21-13-15-9-5-6-11-19-15)16-10-12-20-18(23-16)22-14-7-3-1-2-4-8-14/h5-6,9-12,14H,1-4,7-8,13H2,(H,21,24)(H,20,22,23). The molecule has 0 spiro atoms. The molecular weight excluding hydrogens is 302 g/mol. The number of nitrogens with one attached hydrogen (secondary N) is 2. The smallest absolute Gasteiger partial charge is 0.270 e. The number of hydrogen-bond donors (Lipinski definition) is 2. The maximum Gasteiger partial charge on any atom is 0.270 e. The number of hydrogen-bond acceptors (Lipinski definition) is 5. The average molecular weight is 325 g/mol. The van der Waals surface area contributed by atoms with Crippen molar-refractivity contribution in [2.24, 2.45) is 0 Å². The van der Waals surface area contributed by atoms with Gasteiger partial charge < -0.3 is 10.6 Å². The number of rotatable bonds is 5. The lowest BCUT2D eigenvalue weighted by molar-refractivity contribution is 0.0945. The molecule has 24 heavy (non-hydrogen) atoms. The van der Waals surface area contributed by atoms with Crippen molar-refractivity contribution in [2.75, 3.05) is 5.32 Å². The number of aromatic nitrogens is 3. The van der Waals surface area contributed by atoms with E-state index in [1.54, 1.807) is 18.5 Å².